The maximum Gasteiger partial charge on any atom is 0.191 e. The van der Waals surface area contributed by atoms with E-state index in [0.717, 1.165) is 16.3 Å². The minimum Gasteiger partial charge on any atom is -0.364 e. The first-order valence-corrected chi connectivity index (χ1v) is 6.68. The van der Waals surface area contributed by atoms with E-state index < -0.39 is 0 Å². The van der Waals surface area contributed by atoms with E-state index in [9.17, 15) is 0 Å². The molecule has 20 heavy (non-hydrogen) atoms. The SMILES string of the molecule is CN=C(NCc1ccon1)NC(C)c1cccc(Cl)c1. The Kier molecular flexibility index (Phi) is 5.01. The molecule has 1 heterocycles. The molecule has 0 saturated carbocycles. The Hall–Kier alpha value is -2.01. The predicted octanol–water partition coefficient (Wildman–Crippen LogP) is 2.75. The minimum atomic E-state index is 0.0946. The lowest BCUT2D eigenvalue weighted by atomic mass is 10.1. The Balaban J connectivity index is 1.92. The van der Waals surface area contributed by atoms with E-state index in [1.165, 1.54) is 0 Å². The first-order valence-electron chi connectivity index (χ1n) is 6.31. The summed E-state index contributed by atoms with van der Waals surface area (Å²) >= 11 is 6.00. The smallest absolute Gasteiger partial charge is 0.191 e. The van der Waals surface area contributed by atoms with Gasteiger partial charge >= 0.3 is 0 Å². The number of rotatable bonds is 4. The standard InChI is InChI=1S/C14H17ClN4O/c1-10(11-4-3-5-12(15)8-11)18-14(16-2)17-9-13-6-7-20-19-13/h3-8,10H,9H2,1-2H3,(H2,16,17,18). The van der Waals surface area contributed by atoms with Crippen molar-refractivity contribution < 1.29 is 4.52 Å². The number of guanidine groups is 1. The molecule has 0 spiro atoms. The molecule has 0 aliphatic rings. The largest absolute Gasteiger partial charge is 0.364 e. The molecule has 0 bridgehead atoms. The molecule has 0 radical (unpaired) electrons. The average Bonchev–Trinajstić information content (AvgIpc) is 2.96. The monoisotopic (exact) mass is 292 g/mol. The first-order chi connectivity index (χ1) is 9.69. The molecule has 6 heteroatoms. The van der Waals surface area contributed by atoms with Crippen molar-refractivity contribution in [3.8, 4) is 0 Å². The van der Waals surface area contributed by atoms with Gasteiger partial charge in [0, 0.05) is 18.1 Å². The molecule has 2 rings (SSSR count). The van der Waals surface area contributed by atoms with Crippen LogP contribution in [0.2, 0.25) is 5.02 Å². The molecule has 5 nitrogen and oxygen atoms in total. The third-order valence-corrected chi connectivity index (χ3v) is 3.09. The van der Waals surface area contributed by atoms with Crippen molar-refractivity contribution in [1.29, 1.82) is 0 Å². The summed E-state index contributed by atoms with van der Waals surface area (Å²) in [6, 6.07) is 9.65. The fraction of sp³-hybridized carbons (Fsp3) is 0.286. The highest BCUT2D eigenvalue weighted by atomic mass is 35.5. The fourth-order valence-electron chi connectivity index (χ4n) is 1.76. The Morgan fingerprint density at radius 1 is 1.45 bits per heavy atom. The summed E-state index contributed by atoms with van der Waals surface area (Å²) in [5, 5.41) is 11.0. The topological polar surface area (TPSA) is 62.5 Å². The third kappa shape index (κ3) is 3.99. The van der Waals surface area contributed by atoms with Gasteiger partial charge < -0.3 is 15.2 Å². The van der Waals surface area contributed by atoms with E-state index in [2.05, 4.69) is 27.7 Å². The molecule has 0 saturated heterocycles. The van der Waals surface area contributed by atoms with Crippen LogP contribution in [0.4, 0.5) is 0 Å². The minimum absolute atomic E-state index is 0.0946. The highest BCUT2D eigenvalue weighted by molar-refractivity contribution is 6.30. The van der Waals surface area contributed by atoms with Crippen molar-refractivity contribution in [3.05, 3.63) is 52.9 Å². The fourth-order valence-corrected chi connectivity index (χ4v) is 1.96. The molecule has 1 aromatic heterocycles. The summed E-state index contributed by atoms with van der Waals surface area (Å²) in [5.41, 5.74) is 1.92. The Morgan fingerprint density at radius 2 is 2.30 bits per heavy atom. The molecular formula is C14H17ClN4O. The summed E-state index contributed by atoms with van der Waals surface area (Å²) in [6.45, 7) is 2.60. The molecule has 1 aromatic carbocycles. The van der Waals surface area contributed by atoms with Crippen LogP contribution in [0.25, 0.3) is 0 Å². The van der Waals surface area contributed by atoms with Gasteiger partial charge in [-0.05, 0) is 24.6 Å². The van der Waals surface area contributed by atoms with Crippen LogP contribution in [0.1, 0.15) is 24.2 Å². The summed E-state index contributed by atoms with van der Waals surface area (Å²) in [5.74, 6) is 0.695. The quantitative estimate of drug-likeness (QED) is 0.672. The molecule has 0 amide bonds. The second-order valence-electron chi connectivity index (χ2n) is 4.34. The molecule has 2 aromatic rings. The number of benzene rings is 1. The van der Waals surface area contributed by atoms with Gasteiger partial charge in [-0.2, -0.15) is 0 Å². The van der Waals surface area contributed by atoms with Gasteiger partial charge in [-0.3, -0.25) is 4.99 Å². The lowest BCUT2D eigenvalue weighted by molar-refractivity contribution is 0.410. The van der Waals surface area contributed by atoms with Crippen molar-refractivity contribution >= 4 is 17.6 Å². The molecule has 2 N–H and O–H groups in total. The van der Waals surface area contributed by atoms with Crippen molar-refractivity contribution in [2.45, 2.75) is 19.5 Å². The van der Waals surface area contributed by atoms with E-state index in [-0.39, 0.29) is 6.04 Å². The molecule has 0 fully saturated rings. The van der Waals surface area contributed by atoms with E-state index in [0.29, 0.717) is 12.5 Å². The number of hydrogen-bond donors (Lipinski definition) is 2. The van der Waals surface area contributed by atoms with Crippen molar-refractivity contribution in [3.63, 3.8) is 0 Å². The maximum absolute atomic E-state index is 6.00. The highest BCUT2D eigenvalue weighted by Gasteiger charge is 2.08. The molecule has 1 atom stereocenters. The second-order valence-corrected chi connectivity index (χ2v) is 4.77. The van der Waals surface area contributed by atoms with Crippen molar-refractivity contribution in [2.75, 3.05) is 7.05 Å². The number of nitrogens with one attached hydrogen (secondary N) is 2. The van der Waals surface area contributed by atoms with Gasteiger partial charge in [0.2, 0.25) is 0 Å². The van der Waals surface area contributed by atoms with Crippen LogP contribution >= 0.6 is 11.6 Å². The van der Waals surface area contributed by atoms with Crippen LogP contribution in [-0.2, 0) is 6.54 Å². The summed E-state index contributed by atoms with van der Waals surface area (Å²) in [7, 11) is 1.73. The van der Waals surface area contributed by atoms with Gasteiger partial charge in [-0.25, -0.2) is 0 Å². The Labute approximate surface area is 123 Å². The summed E-state index contributed by atoms with van der Waals surface area (Å²) in [4.78, 5) is 4.18. The third-order valence-electron chi connectivity index (χ3n) is 2.85. The zero-order valence-corrected chi connectivity index (χ0v) is 12.2. The van der Waals surface area contributed by atoms with Crippen LogP contribution in [-0.4, -0.2) is 18.2 Å². The maximum atomic E-state index is 6.00. The van der Waals surface area contributed by atoms with Crippen LogP contribution in [0.15, 0.2) is 46.1 Å². The van der Waals surface area contributed by atoms with Crippen molar-refractivity contribution in [2.24, 2.45) is 4.99 Å². The van der Waals surface area contributed by atoms with Crippen LogP contribution in [0.5, 0.6) is 0 Å². The second kappa shape index (κ2) is 6.96. The van der Waals surface area contributed by atoms with Crippen LogP contribution in [0.3, 0.4) is 0 Å². The van der Waals surface area contributed by atoms with Gasteiger partial charge in [-0.15, -0.1) is 0 Å². The van der Waals surface area contributed by atoms with Gasteiger partial charge in [-0.1, -0.05) is 28.9 Å². The first kappa shape index (κ1) is 14.4. The molecule has 0 aliphatic carbocycles. The normalized spacial score (nSPS) is 13.1. The Bertz CT molecular complexity index is 568. The highest BCUT2D eigenvalue weighted by Crippen LogP contribution is 2.17. The zero-order valence-electron chi connectivity index (χ0n) is 11.4. The van der Waals surface area contributed by atoms with E-state index in [4.69, 9.17) is 16.1 Å². The van der Waals surface area contributed by atoms with Crippen molar-refractivity contribution in [1.82, 2.24) is 15.8 Å². The predicted molar refractivity (Wildman–Crippen MR) is 79.7 cm³/mol. The molecular weight excluding hydrogens is 276 g/mol. The van der Waals surface area contributed by atoms with E-state index >= 15 is 0 Å². The van der Waals surface area contributed by atoms with E-state index in [1.807, 2.05) is 24.3 Å². The summed E-state index contributed by atoms with van der Waals surface area (Å²) < 4.78 is 4.78. The van der Waals surface area contributed by atoms with Crippen LogP contribution in [0, 0.1) is 0 Å². The lowest BCUT2D eigenvalue weighted by Crippen LogP contribution is -2.38. The zero-order chi connectivity index (χ0) is 14.4. The number of halogens is 1. The van der Waals surface area contributed by atoms with Gasteiger partial charge in [0.1, 0.15) is 12.0 Å². The molecule has 106 valence electrons. The van der Waals surface area contributed by atoms with Gasteiger partial charge in [0.25, 0.3) is 0 Å². The summed E-state index contributed by atoms with van der Waals surface area (Å²) in [6.07, 6.45) is 1.54. The molecule has 1 unspecified atom stereocenters. The number of aromatic nitrogens is 1. The average molecular weight is 293 g/mol. The lowest BCUT2D eigenvalue weighted by Gasteiger charge is -2.18. The van der Waals surface area contributed by atoms with Gasteiger partial charge in [0.05, 0.1) is 12.6 Å². The molecule has 0 aliphatic heterocycles. The van der Waals surface area contributed by atoms with E-state index in [1.54, 1.807) is 19.4 Å². The Morgan fingerprint density at radius 3 is 2.95 bits per heavy atom. The van der Waals surface area contributed by atoms with Gasteiger partial charge in [0.15, 0.2) is 5.96 Å². The number of nitrogens with zero attached hydrogens (tertiary/aromatic N) is 2. The van der Waals surface area contributed by atoms with Crippen LogP contribution < -0.4 is 10.6 Å². The number of hydrogen-bond acceptors (Lipinski definition) is 3. The number of aliphatic imine (C=N–C) groups is 1.